The molecule has 1 saturated heterocycles. The lowest BCUT2D eigenvalue weighted by molar-refractivity contribution is 0.112. The smallest absolute Gasteiger partial charge is 0.122 e. The van der Waals surface area contributed by atoms with Crippen LogP contribution in [0.15, 0.2) is 18.2 Å². The van der Waals surface area contributed by atoms with Crippen molar-refractivity contribution in [3.8, 4) is 5.75 Å². The molecule has 0 N–H and O–H groups in total. The second kappa shape index (κ2) is 7.81. The summed E-state index contributed by atoms with van der Waals surface area (Å²) < 4.78 is 18.0. The zero-order valence-corrected chi connectivity index (χ0v) is 12.7. The van der Waals surface area contributed by atoms with Crippen LogP contribution in [0, 0.1) is 6.92 Å². The van der Waals surface area contributed by atoms with E-state index in [0.29, 0.717) is 13.2 Å². The third-order valence-electron chi connectivity index (χ3n) is 3.67. The van der Waals surface area contributed by atoms with Gasteiger partial charge in [0.25, 0.3) is 0 Å². The van der Waals surface area contributed by atoms with Crippen LogP contribution in [0.2, 0.25) is 5.02 Å². The molecule has 0 amide bonds. The highest BCUT2D eigenvalue weighted by atomic mass is 35.5. The van der Waals surface area contributed by atoms with E-state index < -0.39 is 0 Å². The average molecular weight is 301 g/mol. The maximum absolute atomic E-state index is 12.2. The van der Waals surface area contributed by atoms with E-state index in [-0.39, 0.29) is 6.67 Å². The van der Waals surface area contributed by atoms with E-state index in [4.69, 9.17) is 16.3 Å². The summed E-state index contributed by atoms with van der Waals surface area (Å²) in [4.78, 5) is 4.53. The SMILES string of the molecule is Cc1cc(Cl)ccc1OCCN1CCN(CCF)CC1. The van der Waals surface area contributed by atoms with Gasteiger partial charge in [0.05, 0.1) is 0 Å². The molecule has 0 aliphatic carbocycles. The number of hydrogen-bond donors (Lipinski definition) is 0. The first-order valence-electron chi connectivity index (χ1n) is 7.08. The molecule has 1 aromatic rings. The number of hydrogen-bond acceptors (Lipinski definition) is 3. The molecule has 0 radical (unpaired) electrons. The molecule has 0 unspecified atom stereocenters. The van der Waals surface area contributed by atoms with E-state index in [1.807, 2.05) is 25.1 Å². The molecule has 0 spiro atoms. The molecule has 3 nitrogen and oxygen atoms in total. The summed E-state index contributed by atoms with van der Waals surface area (Å²) in [5.41, 5.74) is 1.06. The molecule has 0 atom stereocenters. The van der Waals surface area contributed by atoms with Gasteiger partial charge < -0.3 is 4.74 Å². The average Bonchev–Trinajstić information content (AvgIpc) is 2.43. The summed E-state index contributed by atoms with van der Waals surface area (Å²) in [6.45, 7) is 7.76. The highest BCUT2D eigenvalue weighted by Gasteiger charge is 2.16. The molecule has 0 bridgehead atoms. The van der Waals surface area contributed by atoms with E-state index in [1.165, 1.54) is 0 Å². The molecule has 20 heavy (non-hydrogen) atoms. The molecule has 0 aromatic heterocycles. The predicted molar refractivity (Wildman–Crippen MR) is 80.5 cm³/mol. The summed E-state index contributed by atoms with van der Waals surface area (Å²) in [5, 5.41) is 0.735. The number of ether oxygens (including phenoxy) is 1. The van der Waals surface area contributed by atoms with Gasteiger partial charge in [-0.2, -0.15) is 0 Å². The van der Waals surface area contributed by atoms with Crippen molar-refractivity contribution in [1.29, 1.82) is 0 Å². The Hall–Kier alpha value is -0.840. The first kappa shape index (κ1) is 15.5. The number of alkyl halides is 1. The van der Waals surface area contributed by atoms with Gasteiger partial charge in [0.15, 0.2) is 0 Å². The molecule has 112 valence electrons. The minimum Gasteiger partial charge on any atom is -0.492 e. The Kier molecular flexibility index (Phi) is 6.07. The minimum atomic E-state index is -0.251. The van der Waals surface area contributed by atoms with Crippen molar-refractivity contribution in [3.63, 3.8) is 0 Å². The lowest BCUT2D eigenvalue weighted by Crippen LogP contribution is -2.47. The van der Waals surface area contributed by atoms with Gasteiger partial charge in [-0.15, -0.1) is 0 Å². The Morgan fingerprint density at radius 1 is 1.15 bits per heavy atom. The summed E-state index contributed by atoms with van der Waals surface area (Å²) in [5.74, 6) is 0.894. The summed E-state index contributed by atoms with van der Waals surface area (Å²) in [6, 6.07) is 5.67. The van der Waals surface area contributed by atoms with Crippen molar-refractivity contribution in [2.45, 2.75) is 6.92 Å². The van der Waals surface area contributed by atoms with E-state index in [1.54, 1.807) is 0 Å². The molecule has 2 rings (SSSR count). The van der Waals surface area contributed by atoms with E-state index in [9.17, 15) is 4.39 Å². The van der Waals surface area contributed by atoms with Gasteiger partial charge >= 0.3 is 0 Å². The lowest BCUT2D eigenvalue weighted by atomic mass is 10.2. The first-order chi connectivity index (χ1) is 9.69. The summed E-state index contributed by atoms with van der Waals surface area (Å²) in [6.07, 6.45) is 0. The van der Waals surface area contributed by atoms with E-state index in [2.05, 4.69) is 9.80 Å². The van der Waals surface area contributed by atoms with Crippen molar-refractivity contribution in [2.24, 2.45) is 0 Å². The van der Waals surface area contributed by atoms with Gasteiger partial charge in [-0.25, -0.2) is 4.39 Å². The molecular formula is C15H22ClFN2O. The highest BCUT2D eigenvalue weighted by molar-refractivity contribution is 6.30. The van der Waals surface area contributed by atoms with Crippen LogP contribution < -0.4 is 4.74 Å². The molecule has 1 fully saturated rings. The summed E-state index contributed by atoms with van der Waals surface area (Å²) in [7, 11) is 0. The van der Waals surface area contributed by atoms with Crippen LogP contribution in [-0.4, -0.2) is 62.3 Å². The Morgan fingerprint density at radius 3 is 2.40 bits per heavy atom. The van der Waals surface area contributed by atoms with E-state index >= 15 is 0 Å². The zero-order valence-electron chi connectivity index (χ0n) is 11.9. The van der Waals surface area contributed by atoms with Crippen LogP contribution in [0.1, 0.15) is 5.56 Å². The highest BCUT2D eigenvalue weighted by Crippen LogP contribution is 2.21. The molecule has 5 heteroatoms. The van der Waals surface area contributed by atoms with Crippen LogP contribution >= 0.6 is 11.6 Å². The topological polar surface area (TPSA) is 15.7 Å². The predicted octanol–water partition coefficient (Wildman–Crippen LogP) is 2.61. The molecule has 1 aliphatic rings. The number of benzene rings is 1. The largest absolute Gasteiger partial charge is 0.492 e. The number of piperazine rings is 1. The second-order valence-corrected chi connectivity index (χ2v) is 5.57. The molecule has 1 aromatic carbocycles. The van der Waals surface area contributed by atoms with Crippen molar-refractivity contribution in [2.75, 3.05) is 52.6 Å². The lowest BCUT2D eigenvalue weighted by Gasteiger charge is -2.34. The fraction of sp³-hybridized carbons (Fsp3) is 0.600. The Balaban J connectivity index is 1.69. The van der Waals surface area contributed by atoms with Gasteiger partial charge in [-0.3, -0.25) is 9.80 Å². The summed E-state index contributed by atoms with van der Waals surface area (Å²) >= 11 is 5.92. The van der Waals surface area contributed by atoms with Gasteiger partial charge in [-0.05, 0) is 30.7 Å². The number of halogens is 2. The van der Waals surface area contributed by atoms with Crippen LogP contribution in [0.5, 0.6) is 5.75 Å². The number of nitrogens with zero attached hydrogens (tertiary/aromatic N) is 2. The monoisotopic (exact) mass is 300 g/mol. The number of aryl methyl sites for hydroxylation is 1. The van der Waals surface area contributed by atoms with Crippen molar-refractivity contribution < 1.29 is 9.13 Å². The third-order valence-corrected chi connectivity index (χ3v) is 3.90. The molecule has 0 saturated carbocycles. The van der Waals surface area contributed by atoms with Gasteiger partial charge in [0, 0.05) is 44.3 Å². The van der Waals surface area contributed by atoms with E-state index in [0.717, 1.165) is 49.1 Å². The molecule has 1 aliphatic heterocycles. The maximum atomic E-state index is 12.2. The van der Waals surface area contributed by atoms with Gasteiger partial charge in [0.2, 0.25) is 0 Å². The first-order valence-corrected chi connectivity index (χ1v) is 7.46. The molecule has 1 heterocycles. The Labute approximate surface area is 125 Å². The van der Waals surface area contributed by atoms with Crippen LogP contribution in [-0.2, 0) is 0 Å². The Morgan fingerprint density at radius 2 is 1.80 bits per heavy atom. The minimum absolute atomic E-state index is 0.251. The van der Waals surface area contributed by atoms with Crippen molar-refractivity contribution >= 4 is 11.6 Å². The fourth-order valence-corrected chi connectivity index (χ4v) is 2.64. The Bertz CT molecular complexity index is 422. The van der Waals surface area contributed by atoms with Gasteiger partial charge in [-0.1, -0.05) is 11.6 Å². The van der Waals surface area contributed by atoms with Crippen LogP contribution in [0.25, 0.3) is 0 Å². The van der Waals surface area contributed by atoms with Crippen LogP contribution in [0.3, 0.4) is 0 Å². The second-order valence-electron chi connectivity index (χ2n) is 5.13. The maximum Gasteiger partial charge on any atom is 0.122 e. The quantitative estimate of drug-likeness (QED) is 0.803. The third kappa shape index (κ3) is 4.62. The standard InChI is InChI=1S/C15H22ClFN2O/c1-13-12-14(16)2-3-15(13)20-11-10-19-8-6-18(5-4-17)7-9-19/h2-3,12H,4-11H2,1H3. The fourth-order valence-electron chi connectivity index (χ4n) is 2.42. The zero-order chi connectivity index (χ0) is 14.4. The molecular weight excluding hydrogens is 279 g/mol. The normalized spacial score (nSPS) is 17.4. The van der Waals surface area contributed by atoms with Crippen molar-refractivity contribution in [3.05, 3.63) is 28.8 Å². The number of rotatable bonds is 6. The van der Waals surface area contributed by atoms with Crippen LogP contribution in [0.4, 0.5) is 4.39 Å². The van der Waals surface area contributed by atoms with Crippen molar-refractivity contribution in [1.82, 2.24) is 9.80 Å². The van der Waals surface area contributed by atoms with Gasteiger partial charge in [0.1, 0.15) is 19.0 Å².